The van der Waals surface area contributed by atoms with E-state index in [4.69, 9.17) is 0 Å². The number of fused-ring (bicyclic) bond motifs is 1. The van der Waals surface area contributed by atoms with Gasteiger partial charge in [0.05, 0.1) is 16.8 Å². The third kappa shape index (κ3) is 3.19. The summed E-state index contributed by atoms with van der Waals surface area (Å²) in [5.74, 6) is 0.129. The first-order valence-electron chi connectivity index (χ1n) is 6.66. The molecular weight excluding hydrogens is 348 g/mol. The van der Waals surface area contributed by atoms with Gasteiger partial charge in [-0.05, 0) is 39.7 Å². The van der Waals surface area contributed by atoms with Crippen LogP contribution in [-0.2, 0) is 17.8 Å². The Bertz CT molecular complexity index is 777. The summed E-state index contributed by atoms with van der Waals surface area (Å²) in [6, 6.07) is 12.1. The van der Waals surface area contributed by atoms with Crippen molar-refractivity contribution in [2.75, 3.05) is 7.05 Å². The van der Waals surface area contributed by atoms with Crippen LogP contribution in [0, 0.1) is 0 Å². The predicted molar refractivity (Wildman–Crippen MR) is 90.5 cm³/mol. The molecule has 108 valence electrons. The van der Waals surface area contributed by atoms with Gasteiger partial charge in [0.1, 0.15) is 0 Å². The smallest absolute Gasteiger partial charge is 0.227 e. The van der Waals surface area contributed by atoms with Crippen LogP contribution in [0.5, 0.6) is 0 Å². The number of aromatic amines is 1. The van der Waals surface area contributed by atoms with Crippen molar-refractivity contribution in [1.29, 1.82) is 0 Å². The molecule has 0 fully saturated rings. The Labute approximate surface area is 135 Å². The van der Waals surface area contributed by atoms with Crippen molar-refractivity contribution in [1.82, 2.24) is 9.88 Å². The van der Waals surface area contributed by atoms with Gasteiger partial charge in [-0.1, -0.05) is 18.2 Å². The standard InChI is InChI=1S/C16H15BrN2OS/c1-19(10-12-6-7-15(17)21-12)16(20)8-11-9-18-14-5-3-2-4-13(11)14/h2-7,9,18H,8,10H2,1H3. The van der Waals surface area contributed by atoms with E-state index in [0.29, 0.717) is 13.0 Å². The highest BCUT2D eigenvalue weighted by atomic mass is 79.9. The predicted octanol–water partition coefficient (Wildman–Crippen LogP) is 4.19. The van der Waals surface area contributed by atoms with Gasteiger partial charge in [0.25, 0.3) is 0 Å². The number of aromatic nitrogens is 1. The minimum absolute atomic E-state index is 0.129. The summed E-state index contributed by atoms with van der Waals surface area (Å²) in [6.07, 6.45) is 2.35. The molecule has 0 radical (unpaired) electrons. The molecule has 0 saturated carbocycles. The Hall–Kier alpha value is -1.59. The molecule has 0 saturated heterocycles. The fraction of sp³-hybridized carbons (Fsp3) is 0.188. The number of carbonyl (C=O) groups is 1. The summed E-state index contributed by atoms with van der Waals surface area (Å²) in [5.41, 5.74) is 2.12. The Morgan fingerprint density at radius 1 is 1.29 bits per heavy atom. The highest BCUT2D eigenvalue weighted by molar-refractivity contribution is 9.11. The van der Waals surface area contributed by atoms with E-state index in [1.807, 2.05) is 49.6 Å². The maximum Gasteiger partial charge on any atom is 0.227 e. The SMILES string of the molecule is CN(Cc1ccc(Br)s1)C(=O)Cc1c[nH]c2ccccc12. The van der Waals surface area contributed by atoms with Gasteiger partial charge in [-0.25, -0.2) is 0 Å². The molecule has 1 aromatic carbocycles. The number of benzene rings is 1. The molecule has 0 unspecified atom stereocenters. The van der Waals surface area contributed by atoms with Gasteiger partial charge in [-0.2, -0.15) is 0 Å². The number of likely N-dealkylation sites (N-methyl/N-ethyl adjacent to an activating group) is 1. The molecule has 0 aliphatic heterocycles. The van der Waals surface area contributed by atoms with Crippen molar-refractivity contribution < 1.29 is 4.79 Å². The van der Waals surface area contributed by atoms with Crippen LogP contribution < -0.4 is 0 Å². The number of thiophene rings is 1. The first-order chi connectivity index (χ1) is 10.1. The molecule has 3 rings (SSSR count). The number of nitrogens with zero attached hydrogens (tertiary/aromatic N) is 1. The number of amides is 1. The number of halogens is 1. The molecule has 0 aliphatic rings. The Morgan fingerprint density at radius 3 is 2.86 bits per heavy atom. The number of carbonyl (C=O) groups excluding carboxylic acids is 1. The first-order valence-corrected chi connectivity index (χ1v) is 8.27. The zero-order valence-corrected chi connectivity index (χ0v) is 14.0. The monoisotopic (exact) mass is 362 g/mol. The lowest BCUT2D eigenvalue weighted by Crippen LogP contribution is -2.27. The second kappa shape index (κ2) is 6.03. The maximum absolute atomic E-state index is 12.4. The van der Waals surface area contributed by atoms with Crippen molar-refractivity contribution in [3.05, 3.63) is 56.8 Å². The van der Waals surface area contributed by atoms with Gasteiger partial charge < -0.3 is 9.88 Å². The molecule has 1 N–H and O–H groups in total. The largest absolute Gasteiger partial charge is 0.361 e. The molecule has 2 heterocycles. The van der Waals surface area contributed by atoms with Crippen LogP contribution in [-0.4, -0.2) is 22.8 Å². The summed E-state index contributed by atoms with van der Waals surface area (Å²) in [7, 11) is 1.85. The lowest BCUT2D eigenvalue weighted by molar-refractivity contribution is -0.129. The summed E-state index contributed by atoms with van der Waals surface area (Å²) >= 11 is 5.11. The number of hydrogen-bond acceptors (Lipinski definition) is 2. The fourth-order valence-electron chi connectivity index (χ4n) is 2.33. The highest BCUT2D eigenvalue weighted by Gasteiger charge is 2.13. The van der Waals surface area contributed by atoms with Gasteiger partial charge >= 0.3 is 0 Å². The van der Waals surface area contributed by atoms with E-state index in [9.17, 15) is 4.79 Å². The molecule has 3 aromatic rings. The van der Waals surface area contributed by atoms with Gasteiger partial charge in [-0.3, -0.25) is 4.79 Å². The number of hydrogen-bond donors (Lipinski definition) is 1. The van der Waals surface area contributed by atoms with Gasteiger partial charge in [0.15, 0.2) is 0 Å². The molecule has 1 amide bonds. The third-order valence-electron chi connectivity index (χ3n) is 3.46. The zero-order chi connectivity index (χ0) is 14.8. The average molecular weight is 363 g/mol. The normalized spacial score (nSPS) is 11.0. The van der Waals surface area contributed by atoms with Crippen LogP contribution in [0.4, 0.5) is 0 Å². The summed E-state index contributed by atoms with van der Waals surface area (Å²) < 4.78 is 1.09. The zero-order valence-electron chi connectivity index (χ0n) is 11.6. The van der Waals surface area contributed by atoms with Gasteiger partial charge in [0, 0.05) is 29.0 Å². The molecule has 3 nitrogen and oxygen atoms in total. The Kier molecular flexibility index (Phi) is 4.12. The van der Waals surface area contributed by atoms with Crippen molar-refractivity contribution in [3.8, 4) is 0 Å². The van der Waals surface area contributed by atoms with E-state index < -0.39 is 0 Å². The van der Waals surface area contributed by atoms with Crippen molar-refractivity contribution in [2.45, 2.75) is 13.0 Å². The number of rotatable bonds is 4. The second-order valence-electron chi connectivity index (χ2n) is 4.99. The second-order valence-corrected chi connectivity index (χ2v) is 7.54. The summed E-state index contributed by atoms with van der Waals surface area (Å²) in [5, 5.41) is 1.12. The van der Waals surface area contributed by atoms with Crippen LogP contribution in [0.25, 0.3) is 10.9 Å². The molecule has 0 bridgehead atoms. The van der Waals surface area contributed by atoms with E-state index in [2.05, 4.69) is 20.9 Å². The van der Waals surface area contributed by atoms with E-state index in [1.54, 1.807) is 16.2 Å². The minimum Gasteiger partial charge on any atom is -0.361 e. The maximum atomic E-state index is 12.4. The number of para-hydroxylation sites is 1. The van der Waals surface area contributed by atoms with E-state index in [0.717, 1.165) is 20.3 Å². The van der Waals surface area contributed by atoms with Crippen molar-refractivity contribution in [2.24, 2.45) is 0 Å². The van der Waals surface area contributed by atoms with E-state index >= 15 is 0 Å². The molecule has 2 aromatic heterocycles. The molecule has 0 aliphatic carbocycles. The quantitative estimate of drug-likeness (QED) is 0.741. The molecule has 21 heavy (non-hydrogen) atoms. The van der Waals surface area contributed by atoms with Crippen LogP contribution in [0.15, 0.2) is 46.4 Å². The molecule has 5 heteroatoms. The van der Waals surface area contributed by atoms with Gasteiger partial charge in [-0.15, -0.1) is 11.3 Å². The number of H-pyrrole nitrogens is 1. The highest BCUT2D eigenvalue weighted by Crippen LogP contribution is 2.23. The minimum atomic E-state index is 0.129. The van der Waals surface area contributed by atoms with Crippen LogP contribution in [0.2, 0.25) is 0 Å². The lowest BCUT2D eigenvalue weighted by atomic mass is 10.1. The summed E-state index contributed by atoms with van der Waals surface area (Å²) in [4.78, 5) is 18.5. The first kappa shape index (κ1) is 14.4. The Morgan fingerprint density at radius 2 is 2.10 bits per heavy atom. The topological polar surface area (TPSA) is 36.1 Å². The molecule has 0 spiro atoms. The van der Waals surface area contributed by atoms with Crippen LogP contribution in [0.1, 0.15) is 10.4 Å². The van der Waals surface area contributed by atoms with Crippen LogP contribution >= 0.6 is 27.3 Å². The Balaban J connectivity index is 1.70. The van der Waals surface area contributed by atoms with Crippen LogP contribution in [0.3, 0.4) is 0 Å². The average Bonchev–Trinajstić information content (AvgIpc) is 3.06. The summed E-state index contributed by atoms with van der Waals surface area (Å²) in [6.45, 7) is 0.650. The molecule has 0 atom stereocenters. The fourth-order valence-corrected chi connectivity index (χ4v) is 3.87. The van der Waals surface area contributed by atoms with E-state index in [-0.39, 0.29) is 5.91 Å². The van der Waals surface area contributed by atoms with E-state index in [1.165, 1.54) is 4.88 Å². The third-order valence-corrected chi connectivity index (χ3v) is 5.07. The van der Waals surface area contributed by atoms with Crippen molar-refractivity contribution >= 4 is 44.1 Å². The lowest BCUT2D eigenvalue weighted by Gasteiger charge is -2.16. The van der Waals surface area contributed by atoms with Gasteiger partial charge in [0.2, 0.25) is 5.91 Å². The van der Waals surface area contributed by atoms with Crippen molar-refractivity contribution in [3.63, 3.8) is 0 Å². The molecular formula is C16H15BrN2OS. The number of nitrogens with one attached hydrogen (secondary N) is 1.